The molecule has 5 heteroatoms. The molecule has 1 aliphatic heterocycles. The number of nitrogens with zero attached hydrogens (tertiary/aromatic N) is 1. The Labute approximate surface area is 184 Å². The van der Waals surface area contributed by atoms with E-state index < -0.39 is 8.32 Å². The summed E-state index contributed by atoms with van der Waals surface area (Å²) in [5.74, 6) is 6.54. The summed E-state index contributed by atoms with van der Waals surface area (Å²) in [5, 5.41) is 1.23. The van der Waals surface area contributed by atoms with Crippen LogP contribution in [-0.2, 0) is 9.22 Å². The first kappa shape index (κ1) is 24.0. The molecule has 0 aromatic heterocycles. The summed E-state index contributed by atoms with van der Waals surface area (Å²) in [5.41, 5.74) is 0.986. The molecule has 0 bridgehead atoms. The van der Waals surface area contributed by atoms with E-state index in [0.29, 0.717) is 21.5 Å². The standard InChI is InChI=1S/C24H35NO2SeSi/c1-8-9-18-28-23-21(19(2)27-29(6,7)24(3,4)5)22(26)25(23)17-13-16-20-14-11-10-12-15-20/h8,10-12,14-15,19,21,23H,1,9,17-18H2,2-7H3/t19-,21+,23-/m1/s1. The Morgan fingerprint density at radius 3 is 2.55 bits per heavy atom. The molecule has 2 rings (SSSR count). The van der Waals surface area contributed by atoms with Gasteiger partial charge in [-0.1, -0.05) is 0 Å². The molecule has 3 atom stereocenters. The predicted octanol–water partition coefficient (Wildman–Crippen LogP) is 4.93. The van der Waals surface area contributed by atoms with Gasteiger partial charge in [0.2, 0.25) is 0 Å². The molecule has 1 aliphatic rings. The van der Waals surface area contributed by atoms with Crippen LogP contribution in [0.15, 0.2) is 43.0 Å². The molecule has 0 saturated carbocycles. The van der Waals surface area contributed by atoms with Gasteiger partial charge in [0.15, 0.2) is 0 Å². The summed E-state index contributed by atoms with van der Waals surface area (Å²) in [6, 6.07) is 9.94. The summed E-state index contributed by atoms with van der Waals surface area (Å²) < 4.78 is 6.58. The second kappa shape index (κ2) is 10.1. The summed E-state index contributed by atoms with van der Waals surface area (Å²) in [6.45, 7) is 17.7. The summed E-state index contributed by atoms with van der Waals surface area (Å²) in [4.78, 5) is 15.2. The topological polar surface area (TPSA) is 29.5 Å². The van der Waals surface area contributed by atoms with Crippen LogP contribution in [0.3, 0.4) is 0 Å². The van der Waals surface area contributed by atoms with E-state index >= 15 is 0 Å². The molecule has 1 saturated heterocycles. The molecule has 1 fully saturated rings. The van der Waals surface area contributed by atoms with Crippen molar-refractivity contribution in [3.8, 4) is 11.8 Å². The number of rotatable bonds is 8. The van der Waals surface area contributed by atoms with E-state index in [-0.39, 0.29) is 27.9 Å². The monoisotopic (exact) mass is 477 g/mol. The van der Waals surface area contributed by atoms with Crippen LogP contribution in [0.5, 0.6) is 0 Å². The normalized spacial score (nSPS) is 20.5. The molecule has 1 amide bonds. The van der Waals surface area contributed by atoms with Crippen molar-refractivity contribution < 1.29 is 9.22 Å². The van der Waals surface area contributed by atoms with Gasteiger partial charge in [-0.05, 0) is 0 Å². The zero-order chi connectivity index (χ0) is 21.7. The molecule has 0 spiro atoms. The molecule has 0 aliphatic carbocycles. The Morgan fingerprint density at radius 1 is 1.31 bits per heavy atom. The molecular weight excluding hydrogens is 441 g/mol. The van der Waals surface area contributed by atoms with Crippen LogP contribution < -0.4 is 0 Å². The molecular formula is C24H35NO2SeSi. The number of benzene rings is 1. The van der Waals surface area contributed by atoms with E-state index in [1.807, 2.05) is 41.3 Å². The molecule has 0 unspecified atom stereocenters. The van der Waals surface area contributed by atoms with E-state index in [9.17, 15) is 4.79 Å². The van der Waals surface area contributed by atoms with Gasteiger partial charge in [0.05, 0.1) is 0 Å². The van der Waals surface area contributed by atoms with Gasteiger partial charge >= 0.3 is 185 Å². The zero-order valence-electron chi connectivity index (χ0n) is 18.7. The fourth-order valence-electron chi connectivity index (χ4n) is 3.08. The molecule has 1 aromatic rings. The van der Waals surface area contributed by atoms with Crippen molar-refractivity contribution in [2.75, 3.05) is 6.54 Å². The van der Waals surface area contributed by atoms with Crippen LogP contribution >= 0.6 is 0 Å². The first-order valence-electron chi connectivity index (χ1n) is 10.3. The number of allylic oxidation sites excluding steroid dienone is 1. The van der Waals surface area contributed by atoms with Gasteiger partial charge in [-0.15, -0.1) is 0 Å². The van der Waals surface area contributed by atoms with E-state index in [1.165, 1.54) is 0 Å². The van der Waals surface area contributed by atoms with E-state index in [1.54, 1.807) is 0 Å². The van der Waals surface area contributed by atoms with Crippen LogP contribution in [0.1, 0.15) is 39.7 Å². The second-order valence-electron chi connectivity index (χ2n) is 9.08. The van der Waals surface area contributed by atoms with Gasteiger partial charge < -0.3 is 0 Å². The van der Waals surface area contributed by atoms with Crippen LogP contribution in [0, 0.1) is 17.8 Å². The third-order valence-electron chi connectivity index (χ3n) is 5.84. The number of hydrogen-bond donors (Lipinski definition) is 0. The van der Waals surface area contributed by atoms with Crippen molar-refractivity contribution in [1.82, 2.24) is 4.90 Å². The minimum atomic E-state index is -1.91. The van der Waals surface area contributed by atoms with E-state index in [4.69, 9.17) is 4.43 Å². The summed E-state index contributed by atoms with van der Waals surface area (Å²) >= 11 is 0.340. The van der Waals surface area contributed by atoms with Crippen LogP contribution in [-0.4, -0.2) is 51.7 Å². The van der Waals surface area contributed by atoms with Crippen molar-refractivity contribution >= 4 is 29.2 Å². The van der Waals surface area contributed by atoms with Gasteiger partial charge in [-0.2, -0.15) is 0 Å². The Kier molecular flexibility index (Phi) is 8.37. The number of hydrogen-bond acceptors (Lipinski definition) is 2. The number of carbonyl (C=O) groups excluding carboxylic acids is 1. The molecule has 3 nitrogen and oxygen atoms in total. The van der Waals surface area contributed by atoms with Gasteiger partial charge in [0, 0.05) is 0 Å². The Morgan fingerprint density at radius 2 is 1.97 bits per heavy atom. The number of carbonyl (C=O) groups is 1. The Balaban J connectivity index is 2.08. The number of likely N-dealkylation sites (tertiary alicyclic amines) is 1. The van der Waals surface area contributed by atoms with Crippen molar-refractivity contribution in [3.63, 3.8) is 0 Å². The van der Waals surface area contributed by atoms with Crippen LogP contribution in [0.25, 0.3) is 0 Å². The van der Waals surface area contributed by atoms with Crippen LogP contribution in [0.4, 0.5) is 0 Å². The fraction of sp³-hybridized carbons (Fsp3) is 0.542. The van der Waals surface area contributed by atoms with Crippen LogP contribution in [0.2, 0.25) is 23.5 Å². The molecule has 158 valence electrons. The SMILES string of the molecule is C=CCC[Se][C@@H]1[C@@H]([C@@H](C)O[Si](C)(C)C(C)(C)C)C(=O)N1CC#Cc1ccccc1. The summed E-state index contributed by atoms with van der Waals surface area (Å²) in [7, 11) is -1.91. The average molecular weight is 477 g/mol. The molecule has 1 aromatic carbocycles. The third-order valence-corrected chi connectivity index (χ3v) is 13.3. The molecule has 29 heavy (non-hydrogen) atoms. The fourth-order valence-corrected chi connectivity index (χ4v) is 7.55. The molecule has 1 heterocycles. The average Bonchev–Trinajstić information content (AvgIpc) is 2.64. The Bertz CT molecular complexity index is 761. The maximum atomic E-state index is 13.0. The zero-order valence-corrected chi connectivity index (χ0v) is 21.4. The second-order valence-corrected chi connectivity index (χ2v) is 16.4. The summed E-state index contributed by atoms with van der Waals surface area (Å²) in [6.07, 6.45) is 2.92. The van der Waals surface area contributed by atoms with E-state index in [2.05, 4.69) is 59.2 Å². The molecule has 0 radical (unpaired) electrons. The maximum absolute atomic E-state index is 13.0. The van der Waals surface area contributed by atoms with Crippen molar-refractivity contribution in [2.24, 2.45) is 5.92 Å². The first-order chi connectivity index (χ1) is 13.6. The van der Waals surface area contributed by atoms with Gasteiger partial charge in [0.25, 0.3) is 0 Å². The number of β-lactam (4-membered cyclic amide) rings is 1. The van der Waals surface area contributed by atoms with Crippen molar-refractivity contribution in [3.05, 3.63) is 48.6 Å². The van der Waals surface area contributed by atoms with E-state index in [0.717, 1.165) is 17.3 Å². The van der Waals surface area contributed by atoms with Gasteiger partial charge in [-0.25, -0.2) is 0 Å². The predicted molar refractivity (Wildman–Crippen MR) is 125 cm³/mol. The van der Waals surface area contributed by atoms with Crippen molar-refractivity contribution in [1.29, 1.82) is 0 Å². The van der Waals surface area contributed by atoms with Gasteiger partial charge in [-0.3, -0.25) is 0 Å². The quantitative estimate of drug-likeness (QED) is 0.175. The van der Waals surface area contributed by atoms with Crippen molar-refractivity contribution in [2.45, 2.75) is 68.6 Å². The Hall–Kier alpha value is -1.31. The van der Waals surface area contributed by atoms with Gasteiger partial charge in [0.1, 0.15) is 0 Å². The third kappa shape index (κ3) is 6.09. The number of amides is 1. The minimum absolute atomic E-state index is 0.0348. The molecule has 0 N–H and O–H groups in total. The first-order valence-corrected chi connectivity index (χ1v) is 15.4.